The molecular formula is C60H97N4O9P. The molecule has 1 amide bonds. The smallest absolute Gasteiger partial charge is 0.126 e. The van der Waals surface area contributed by atoms with Crippen LogP contribution >= 0.6 is 7.26 Å². The van der Waals surface area contributed by atoms with Crippen molar-refractivity contribution in [1.29, 1.82) is 0 Å². The number of aliphatic hydroxyl groups excluding tert-OH is 2. The average molecular weight is 1050 g/mol. The molecule has 3 fully saturated rings. The summed E-state index contributed by atoms with van der Waals surface area (Å²) in [5, 5.41) is 57.1. The molecule has 2 aromatic carbocycles. The van der Waals surface area contributed by atoms with Crippen molar-refractivity contribution in [1.82, 2.24) is 19.6 Å². The second-order valence-corrected chi connectivity index (χ2v) is 27.9. The molecule has 0 unspecified atom stereocenters. The Balaban J connectivity index is 1.05. The maximum atomic E-state index is 14.4. The first-order valence-electron chi connectivity index (χ1n) is 28.6. The summed E-state index contributed by atoms with van der Waals surface area (Å²) in [5.41, 5.74) is -3.35. The van der Waals surface area contributed by atoms with E-state index in [1.807, 2.05) is 39.8 Å². The molecule has 4 N–H and O–H groups in total. The number of nitrogens with zero attached hydrogens (tertiary/aromatic N) is 4. The van der Waals surface area contributed by atoms with E-state index >= 15 is 0 Å². The Kier molecular flexibility index (Phi) is 22.2. The van der Waals surface area contributed by atoms with Crippen LogP contribution in [0.3, 0.4) is 0 Å². The number of cyclic esters (lactones) is 1. The minimum absolute atomic E-state index is 0.133. The van der Waals surface area contributed by atoms with Gasteiger partial charge in [-0.15, -0.1) is 0 Å². The van der Waals surface area contributed by atoms with Crippen molar-refractivity contribution in [2.75, 3.05) is 26.8 Å². The number of amides is 1. The summed E-state index contributed by atoms with van der Waals surface area (Å²) in [6.45, 7) is 14.5. The Labute approximate surface area is 445 Å². The van der Waals surface area contributed by atoms with Crippen LogP contribution < -0.4 is 15.9 Å². The summed E-state index contributed by atoms with van der Waals surface area (Å²) >= 11 is 0. The number of ether oxygens (including phenoxy) is 3. The maximum Gasteiger partial charge on any atom is 0.126 e. The van der Waals surface area contributed by atoms with Gasteiger partial charge in [0, 0.05) is 12.6 Å². The second kappa shape index (κ2) is 27.4. The Morgan fingerprint density at radius 2 is 1.42 bits per heavy atom. The van der Waals surface area contributed by atoms with Gasteiger partial charge in [-0.2, -0.15) is 0 Å². The van der Waals surface area contributed by atoms with Crippen LogP contribution in [-0.4, -0.2) is 139 Å². The number of esters is 1. The number of aromatic nitrogens is 2. The molecule has 0 radical (unpaired) electrons. The first-order valence-corrected chi connectivity index (χ1v) is 30.9. The van der Waals surface area contributed by atoms with Crippen LogP contribution in [0, 0.1) is 17.8 Å². The van der Waals surface area contributed by atoms with Gasteiger partial charge in [0.15, 0.2) is 6.29 Å². The van der Waals surface area contributed by atoms with Gasteiger partial charge in [-0.1, -0.05) is 27.7 Å². The largest absolute Gasteiger partial charge is 0.388 e. The normalized spacial score (nSPS) is 32.3. The average Bonchev–Trinajstić information content (AvgIpc) is 3.83. The van der Waals surface area contributed by atoms with Gasteiger partial charge >= 0.3 is 214 Å². The molecular weight excluding hydrogens is 952 g/mol. The van der Waals surface area contributed by atoms with Crippen LogP contribution in [0.15, 0.2) is 73.1 Å². The van der Waals surface area contributed by atoms with Gasteiger partial charge in [0.1, 0.15) is 23.9 Å². The molecule has 2 aliphatic heterocycles. The standard InChI is InChI=1S/C60H97N4O9P/c1-11-52-60(8,70)55(67)46(6)63(40-42(2)38-59(7,69)56(43(3)36-44(4)57(68)72-52)73-58-54(66)51(62(9)10)37-45(5)71-58)53(65)34-25-17-15-13-12-14-16-18-26-35-74(48-30-21-19-22-31-48,49-32-23-20-24-33-49)50-39-61-64(41-50)47-28-27-29-47/h19-24,30-33,39,41-47,51-52,54-56,58,66-67,69-70,74H,11-18,25-29,34-38,40H2,1-10H3/t42-,43+,44-,45-,46-,51+,52-,54-,55-,56-,58+,59-,60-/m1/s1. The summed E-state index contributed by atoms with van der Waals surface area (Å²) in [6, 6.07) is 21.8. The van der Waals surface area contributed by atoms with E-state index in [0.29, 0.717) is 18.9 Å². The van der Waals surface area contributed by atoms with Gasteiger partial charge < -0.3 is 44.4 Å². The van der Waals surface area contributed by atoms with Gasteiger partial charge in [0.05, 0.1) is 29.8 Å². The molecule has 3 heterocycles. The minimum atomic E-state index is -2.32. The minimum Gasteiger partial charge on any atom is -0.388 e. The maximum absolute atomic E-state index is 14.4. The fourth-order valence-corrected chi connectivity index (χ4v) is 17.5. The molecule has 3 aliphatic rings. The number of hydrogen-bond donors (Lipinski definition) is 4. The molecule has 3 aromatic rings. The van der Waals surface area contributed by atoms with Gasteiger partial charge in [0.25, 0.3) is 0 Å². The van der Waals surface area contributed by atoms with E-state index in [2.05, 4.69) is 77.7 Å². The van der Waals surface area contributed by atoms with Crippen LogP contribution in [0.2, 0.25) is 0 Å². The Morgan fingerprint density at radius 3 is 1.97 bits per heavy atom. The van der Waals surface area contributed by atoms with Crippen LogP contribution in [0.4, 0.5) is 0 Å². The molecule has 13 atom stereocenters. The van der Waals surface area contributed by atoms with Crippen molar-refractivity contribution in [2.45, 2.75) is 231 Å². The number of hydrogen-bond acceptors (Lipinski definition) is 11. The summed E-state index contributed by atoms with van der Waals surface area (Å²) in [4.78, 5) is 31.7. The Bertz CT molecular complexity index is 2110. The molecule has 74 heavy (non-hydrogen) atoms. The van der Waals surface area contributed by atoms with Crippen molar-refractivity contribution in [3.63, 3.8) is 0 Å². The SMILES string of the molecule is CC[C@H]1OC(=O)[C@H](C)C[C@H](C)[C@@H](O[C@@H]2O[C@H](C)C[C@H](N(C)C)[C@H]2O)[C@](C)(O)C[C@@H](C)CN(C(=O)CCCCCCCCCCC[PH](c2ccccc2)(c2ccccc2)c2cnn(C3CCC3)c2)[C@H](C)[C@@H](O)[C@]1(C)O. The van der Waals surface area contributed by atoms with E-state index in [1.165, 1.54) is 61.4 Å². The van der Waals surface area contributed by atoms with E-state index in [-0.39, 0.29) is 56.2 Å². The number of rotatable bonds is 20. The van der Waals surface area contributed by atoms with Crippen molar-refractivity contribution in [3.05, 3.63) is 73.1 Å². The predicted molar refractivity (Wildman–Crippen MR) is 299 cm³/mol. The quantitative estimate of drug-likeness (QED) is 0.0487. The van der Waals surface area contributed by atoms with Gasteiger partial charge in [-0.05, 0) is 79.3 Å². The molecule has 1 aromatic heterocycles. The van der Waals surface area contributed by atoms with Crippen LogP contribution in [0.25, 0.3) is 0 Å². The van der Waals surface area contributed by atoms with Crippen molar-refractivity contribution >= 4 is 35.1 Å². The zero-order valence-corrected chi connectivity index (χ0v) is 47.9. The monoisotopic (exact) mass is 1050 g/mol. The van der Waals surface area contributed by atoms with Crippen molar-refractivity contribution in [3.8, 4) is 0 Å². The number of carbonyl (C=O) groups excluding carboxylic acids is 2. The topological polar surface area (TPSA) is 167 Å². The molecule has 13 nitrogen and oxygen atoms in total. The fourth-order valence-electron chi connectivity index (χ4n) is 12.7. The number of unbranched alkanes of at least 4 members (excludes halogenated alkanes) is 8. The molecule has 1 saturated carbocycles. The number of carbonyl (C=O) groups is 2. The third-order valence-corrected chi connectivity index (χ3v) is 22.2. The predicted octanol–water partition coefficient (Wildman–Crippen LogP) is 8.45. The van der Waals surface area contributed by atoms with Gasteiger partial charge in [-0.25, -0.2) is 0 Å². The molecule has 14 heteroatoms. The summed E-state index contributed by atoms with van der Waals surface area (Å²) in [6.07, 6.45) is 15.1. The zero-order chi connectivity index (χ0) is 53.8. The van der Waals surface area contributed by atoms with Crippen LogP contribution in [0.1, 0.15) is 171 Å². The summed E-state index contributed by atoms with van der Waals surface area (Å²) in [5.74, 6) is -1.99. The van der Waals surface area contributed by atoms with E-state index in [4.69, 9.17) is 19.3 Å². The first kappa shape index (κ1) is 60.0. The van der Waals surface area contributed by atoms with Crippen LogP contribution in [0.5, 0.6) is 0 Å². The van der Waals surface area contributed by atoms with Gasteiger partial charge in [-0.3, -0.25) is 9.59 Å². The van der Waals surface area contributed by atoms with E-state index in [1.54, 1.807) is 32.6 Å². The van der Waals surface area contributed by atoms with Crippen LogP contribution in [-0.2, 0) is 23.8 Å². The summed E-state index contributed by atoms with van der Waals surface area (Å²) < 4.78 is 21.1. The fraction of sp³-hybridized carbons (Fsp3) is 0.717. The third kappa shape index (κ3) is 14.9. The number of likely N-dealkylation sites (N-methyl/N-ethyl adjacent to an activating group) is 1. The third-order valence-electron chi connectivity index (χ3n) is 17.3. The Hall–Kier alpha value is -3.26. The zero-order valence-electron chi connectivity index (χ0n) is 46.9. The molecule has 6 rings (SSSR count). The molecule has 1 aliphatic carbocycles. The molecule has 2 saturated heterocycles. The van der Waals surface area contributed by atoms with E-state index < -0.39 is 73.0 Å². The van der Waals surface area contributed by atoms with E-state index in [0.717, 1.165) is 38.3 Å². The summed E-state index contributed by atoms with van der Waals surface area (Å²) in [7, 11) is 1.51. The molecule has 416 valence electrons. The number of aliphatic hydroxyl groups is 4. The number of benzene rings is 2. The first-order chi connectivity index (χ1) is 35.2. The van der Waals surface area contributed by atoms with E-state index in [9.17, 15) is 30.0 Å². The Morgan fingerprint density at radius 1 is 0.838 bits per heavy atom. The second-order valence-electron chi connectivity index (χ2n) is 23.8. The van der Waals surface area contributed by atoms with Crippen molar-refractivity contribution < 1.29 is 44.2 Å². The van der Waals surface area contributed by atoms with Gasteiger partial charge in [0.2, 0.25) is 0 Å². The van der Waals surface area contributed by atoms with Crippen molar-refractivity contribution in [2.24, 2.45) is 17.8 Å². The molecule has 0 spiro atoms. The molecule has 0 bridgehead atoms.